The molecule has 0 spiro atoms. The smallest absolute Gasteiger partial charge is 0.360 e. The maximum Gasteiger partial charge on any atom is 0.360 e. The summed E-state index contributed by atoms with van der Waals surface area (Å²) in [6, 6.07) is 15.6. The summed E-state index contributed by atoms with van der Waals surface area (Å²) in [5, 5.41) is 6.92. The van der Waals surface area contributed by atoms with E-state index in [9.17, 15) is 14.4 Å². The molecule has 1 amide bonds. The second-order valence-electron chi connectivity index (χ2n) is 6.68. The number of hydrogen-bond acceptors (Lipinski definition) is 5. The number of fused-ring (bicyclic) bond motifs is 1. The second-order valence-corrected chi connectivity index (χ2v) is 6.68. The van der Waals surface area contributed by atoms with Crippen molar-refractivity contribution in [2.75, 3.05) is 13.1 Å². The third-order valence-corrected chi connectivity index (χ3v) is 4.86. The van der Waals surface area contributed by atoms with E-state index in [1.54, 1.807) is 53.4 Å². The Morgan fingerprint density at radius 1 is 0.964 bits per heavy atom. The summed E-state index contributed by atoms with van der Waals surface area (Å²) in [6.07, 6.45) is 0.819. The Balaban J connectivity index is 1.69. The molecule has 28 heavy (non-hydrogen) atoms. The molecule has 1 saturated heterocycles. The van der Waals surface area contributed by atoms with Crippen molar-refractivity contribution in [3.05, 3.63) is 76.2 Å². The molecule has 1 fully saturated rings. The third kappa shape index (κ3) is 3.38. The van der Waals surface area contributed by atoms with Crippen molar-refractivity contribution >= 4 is 22.6 Å². The number of rotatable bonds is 4. The first-order valence-corrected chi connectivity index (χ1v) is 9.17. The van der Waals surface area contributed by atoms with Crippen LogP contribution in [0.15, 0.2) is 59.4 Å². The van der Waals surface area contributed by atoms with Crippen LogP contribution in [0.3, 0.4) is 0 Å². The lowest BCUT2D eigenvalue weighted by atomic mass is 10.1. The maximum absolute atomic E-state index is 13.0. The summed E-state index contributed by atoms with van der Waals surface area (Å²) >= 11 is 0. The zero-order chi connectivity index (χ0) is 19.5. The number of esters is 1. The van der Waals surface area contributed by atoms with Crippen LogP contribution >= 0.6 is 0 Å². The van der Waals surface area contributed by atoms with Crippen molar-refractivity contribution in [2.24, 2.45) is 0 Å². The Morgan fingerprint density at radius 2 is 1.61 bits per heavy atom. The molecular weight excluding hydrogens is 358 g/mol. The number of nitrogens with zero attached hydrogens (tertiary/aromatic N) is 2. The molecule has 0 radical (unpaired) electrons. The highest BCUT2D eigenvalue weighted by Crippen LogP contribution is 2.25. The molecule has 0 saturated carbocycles. The predicted molar refractivity (Wildman–Crippen MR) is 103 cm³/mol. The molecule has 1 atom stereocenters. The Bertz CT molecular complexity index is 1070. The van der Waals surface area contributed by atoms with E-state index in [4.69, 9.17) is 4.74 Å². The second kappa shape index (κ2) is 7.64. The highest BCUT2D eigenvalue weighted by molar-refractivity contribution is 6.02. The minimum atomic E-state index is -1.06. The molecule has 3 aromatic rings. The van der Waals surface area contributed by atoms with Gasteiger partial charge in [-0.1, -0.05) is 48.5 Å². The maximum atomic E-state index is 13.0. The molecule has 7 nitrogen and oxygen atoms in total. The average Bonchev–Trinajstić information content (AvgIpc) is 3.27. The van der Waals surface area contributed by atoms with Crippen LogP contribution in [0.1, 0.15) is 35.0 Å². The van der Waals surface area contributed by atoms with Gasteiger partial charge in [-0.15, -0.1) is 0 Å². The molecule has 1 aliphatic heterocycles. The van der Waals surface area contributed by atoms with E-state index in [2.05, 4.69) is 10.2 Å². The number of aromatic amines is 1. The summed E-state index contributed by atoms with van der Waals surface area (Å²) in [4.78, 5) is 39.6. The van der Waals surface area contributed by atoms with Gasteiger partial charge in [0, 0.05) is 24.0 Å². The van der Waals surface area contributed by atoms with Gasteiger partial charge in [0.15, 0.2) is 5.69 Å². The fraction of sp³-hybridized carbons (Fsp3) is 0.238. The van der Waals surface area contributed by atoms with E-state index in [-0.39, 0.29) is 17.2 Å². The topological polar surface area (TPSA) is 92.4 Å². The molecule has 0 bridgehead atoms. The Morgan fingerprint density at radius 3 is 2.32 bits per heavy atom. The summed E-state index contributed by atoms with van der Waals surface area (Å²) in [5.41, 5.74) is 0.187. The molecule has 1 aliphatic rings. The Hall–Kier alpha value is -3.48. The molecule has 1 N–H and O–H groups in total. The largest absolute Gasteiger partial charge is 0.442 e. The fourth-order valence-corrected chi connectivity index (χ4v) is 3.43. The van der Waals surface area contributed by atoms with Crippen molar-refractivity contribution in [3.63, 3.8) is 0 Å². The van der Waals surface area contributed by atoms with Crippen LogP contribution in [0.25, 0.3) is 10.8 Å². The number of ether oxygens (including phenoxy) is 1. The normalized spacial score (nSPS) is 14.8. The molecule has 1 aromatic heterocycles. The summed E-state index contributed by atoms with van der Waals surface area (Å²) < 4.78 is 5.63. The Kier molecular flexibility index (Phi) is 4.89. The minimum absolute atomic E-state index is 0.0228. The number of carbonyl (C=O) groups excluding carboxylic acids is 2. The van der Waals surface area contributed by atoms with Gasteiger partial charge < -0.3 is 9.64 Å². The van der Waals surface area contributed by atoms with E-state index in [0.717, 1.165) is 12.8 Å². The first kappa shape index (κ1) is 17.9. The number of likely N-dealkylation sites (tertiary alicyclic amines) is 1. The van der Waals surface area contributed by atoms with Gasteiger partial charge in [-0.05, 0) is 18.9 Å². The zero-order valence-electron chi connectivity index (χ0n) is 15.1. The molecule has 4 rings (SSSR count). The highest BCUT2D eigenvalue weighted by atomic mass is 16.5. The van der Waals surface area contributed by atoms with Gasteiger partial charge in [0.1, 0.15) is 0 Å². The van der Waals surface area contributed by atoms with Gasteiger partial charge in [-0.25, -0.2) is 9.89 Å². The van der Waals surface area contributed by atoms with Crippen LogP contribution < -0.4 is 5.56 Å². The van der Waals surface area contributed by atoms with Crippen LogP contribution in [0, 0.1) is 0 Å². The number of amides is 1. The number of carbonyl (C=O) groups is 2. The fourth-order valence-electron chi connectivity index (χ4n) is 3.43. The first-order chi connectivity index (χ1) is 13.6. The third-order valence-electron chi connectivity index (χ3n) is 4.86. The standard InChI is InChI=1S/C21H19N3O4/c25-19-16-11-5-4-10-15(16)17(22-23-19)21(27)28-18(14-8-2-1-3-9-14)20(26)24-12-6-7-13-24/h1-5,8-11,18H,6-7,12-13H2,(H,23,25)/t18-/m0/s1. The minimum Gasteiger partial charge on any atom is -0.442 e. The summed E-state index contributed by atoms with van der Waals surface area (Å²) in [5.74, 6) is -1.00. The molecule has 0 aliphatic carbocycles. The predicted octanol–water partition coefficient (Wildman–Crippen LogP) is 2.44. The van der Waals surface area contributed by atoms with Crippen molar-refractivity contribution in [1.82, 2.24) is 15.1 Å². The van der Waals surface area contributed by atoms with Crippen LogP contribution in [0.2, 0.25) is 0 Å². The molecule has 142 valence electrons. The highest BCUT2D eigenvalue weighted by Gasteiger charge is 2.32. The van der Waals surface area contributed by atoms with Crippen LogP contribution in [0.5, 0.6) is 0 Å². The Labute approximate surface area is 160 Å². The van der Waals surface area contributed by atoms with Gasteiger partial charge in [0.05, 0.1) is 5.39 Å². The summed E-state index contributed by atoms with van der Waals surface area (Å²) in [6.45, 7) is 1.30. The van der Waals surface area contributed by atoms with E-state index >= 15 is 0 Å². The number of benzene rings is 2. The van der Waals surface area contributed by atoms with Gasteiger partial charge in [0.25, 0.3) is 11.5 Å². The lowest BCUT2D eigenvalue weighted by molar-refractivity contribution is -0.140. The van der Waals surface area contributed by atoms with E-state index < -0.39 is 12.1 Å². The molecule has 2 aromatic carbocycles. The number of H-pyrrole nitrogens is 1. The van der Waals surface area contributed by atoms with Crippen molar-refractivity contribution in [1.29, 1.82) is 0 Å². The van der Waals surface area contributed by atoms with Crippen LogP contribution in [-0.2, 0) is 9.53 Å². The van der Waals surface area contributed by atoms with Crippen molar-refractivity contribution in [3.8, 4) is 0 Å². The summed E-state index contributed by atoms with van der Waals surface area (Å²) in [7, 11) is 0. The lowest BCUT2D eigenvalue weighted by Gasteiger charge is -2.23. The quantitative estimate of drug-likeness (QED) is 0.705. The molecule has 0 unspecified atom stereocenters. The molecular formula is C21H19N3O4. The zero-order valence-corrected chi connectivity index (χ0v) is 15.1. The van der Waals surface area contributed by atoms with Gasteiger partial charge >= 0.3 is 5.97 Å². The van der Waals surface area contributed by atoms with E-state index in [1.807, 2.05) is 6.07 Å². The van der Waals surface area contributed by atoms with Crippen LogP contribution in [0.4, 0.5) is 0 Å². The first-order valence-electron chi connectivity index (χ1n) is 9.17. The monoisotopic (exact) mass is 377 g/mol. The molecule has 7 heteroatoms. The van der Waals surface area contributed by atoms with Gasteiger partial charge in [-0.3, -0.25) is 9.59 Å². The SMILES string of the molecule is O=C(O[C@H](C(=O)N1CCCC1)c1ccccc1)c1n[nH]c(=O)c2ccccc12. The molecule has 2 heterocycles. The average molecular weight is 377 g/mol. The number of aromatic nitrogens is 2. The van der Waals surface area contributed by atoms with Crippen LogP contribution in [-0.4, -0.2) is 40.1 Å². The van der Waals surface area contributed by atoms with E-state index in [0.29, 0.717) is 29.4 Å². The van der Waals surface area contributed by atoms with Gasteiger partial charge in [-0.2, -0.15) is 5.10 Å². The van der Waals surface area contributed by atoms with Crippen molar-refractivity contribution < 1.29 is 14.3 Å². The number of hydrogen-bond donors (Lipinski definition) is 1. The van der Waals surface area contributed by atoms with Crippen molar-refractivity contribution in [2.45, 2.75) is 18.9 Å². The van der Waals surface area contributed by atoms with E-state index in [1.165, 1.54) is 0 Å². The number of nitrogens with one attached hydrogen (secondary N) is 1. The lowest BCUT2D eigenvalue weighted by Crippen LogP contribution is -2.35. The van der Waals surface area contributed by atoms with Gasteiger partial charge in [0.2, 0.25) is 6.10 Å².